The normalized spacial score (nSPS) is 12.8. The van der Waals surface area contributed by atoms with Crippen molar-refractivity contribution in [3.63, 3.8) is 0 Å². The Kier molecular flexibility index (Phi) is 4.29. The van der Waals surface area contributed by atoms with E-state index in [0.29, 0.717) is 11.1 Å². The van der Waals surface area contributed by atoms with Crippen molar-refractivity contribution < 1.29 is 4.52 Å². The van der Waals surface area contributed by atoms with Crippen molar-refractivity contribution in [3.8, 4) is 10.8 Å². The zero-order chi connectivity index (χ0) is 13.1. The van der Waals surface area contributed by atoms with Crippen LogP contribution in [0.25, 0.3) is 10.8 Å². The lowest BCUT2D eigenvalue weighted by molar-refractivity contribution is 0.426. The maximum Gasteiger partial charge on any atom is 0.268 e. The van der Waals surface area contributed by atoms with Gasteiger partial charge in [-0.05, 0) is 25.0 Å². The van der Waals surface area contributed by atoms with Crippen LogP contribution in [0.3, 0.4) is 0 Å². The number of nitrogen functional groups attached to an aromatic ring is 1. The van der Waals surface area contributed by atoms with Crippen molar-refractivity contribution in [1.82, 2.24) is 10.1 Å². The summed E-state index contributed by atoms with van der Waals surface area (Å²) in [6.07, 6.45) is 1.15. The Balaban J connectivity index is 2.08. The average molecular weight is 283 g/mol. The summed E-state index contributed by atoms with van der Waals surface area (Å²) < 4.78 is 5.29. The summed E-state index contributed by atoms with van der Waals surface area (Å²) in [4.78, 5) is 5.39. The van der Waals surface area contributed by atoms with E-state index in [2.05, 4.69) is 24.0 Å². The van der Waals surface area contributed by atoms with Crippen molar-refractivity contribution in [1.29, 1.82) is 0 Å². The number of hydrogen-bond donors (Lipinski definition) is 1. The molecule has 0 saturated carbocycles. The van der Waals surface area contributed by atoms with Crippen LogP contribution in [0.15, 0.2) is 10.6 Å². The predicted octanol–water partition coefficient (Wildman–Crippen LogP) is 3.72. The number of anilines is 1. The Morgan fingerprint density at radius 2 is 2.33 bits per heavy atom. The number of thiophene rings is 1. The minimum Gasteiger partial charge on any atom is -0.391 e. The highest BCUT2D eigenvalue weighted by Gasteiger charge is 2.14. The molecular weight excluding hydrogens is 266 g/mol. The van der Waals surface area contributed by atoms with Gasteiger partial charge in [0.05, 0.1) is 15.6 Å². The molecule has 0 aliphatic rings. The molecule has 4 nitrogen and oxygen atoms in total. The topological polar surface area (TPSA) is 64.9 Å². The lowest BCUT2D eigenvalue weighted by Gasteiger charge is -2.04. The number of thioether (sulfide) groups is 1. The maximum absolute atomic E-state index is 5.76. The third-order valence-corrected chi connectivity index (χ3v) is 5.05. The van der Waals surface area contributed by atoms with Crippen LogP contribution >= 0.6 is 23.1 Å². The number of nitrogens with two attached hydrogens (primary N) is 1. The first-order valence-electron chi connectivity index (χ1n) is 5.90. The Labute approximate surface area is 115 Å². The fourth-order valence-electron chi connectivity index (χ4n) is 1.46. The van der Waals surface area contributed by atoms with Crippen molar-refractivity contribution in [2.75, 3.05) is 5.73 Å². The molecule has 2 heterocycles. The van der Waals surface area contributed by atoms with Gasteiger partial charge in [-0.3, -0.25) is 0 Å². The van der Waals surface area contributed by atoms with E-state index >= 15 is 0 Å². The van der Waals surface area contributed by atoms with Gasteiger partial charge in [0, 0.05) is 5.25 Å². The van der Waals surface area contributed by atoms with Gasteiger partial charge in [0.2, 0.25) is 0 Å². The molecule has 0 bridgehead atoms. The van der Waals surface area contributed by atoms with E-state index in [4.69, 9.17) is 10.3 Å². The molecule has 98 valence electrons. The van der Waals surface area contributed by atoms with E-state index in [-0.39, 0.29) is 0 Å². The van der Waals surface area contributed by atoms with Crippen LogP contribution in [0.5, 0.6) is 0 Å². The highest BCUT2D eigenvalue weighted by atomic mass is 32.2. The van der Waals surface area contributed by atoms with Crippen LogP contribution in [0.1, 0.15) is 31.7 Å². The third kappa shape index (κ3) is 3.05. The second-order valence-electron chi connectivity index (χ2n) is 4.21. The molecule has 2 aromatic heterocycles. The van der Waals surface area contributed by atoms with Crippen LogP contribution in [-0.2, 0) is 5.75 Å². The fraction of sp³-hybridized carbons (Fsp3) is 0.500. The Morgan fingerprint density at radius 1 is 1.56 bits per heavy atom. The Bertz CT molecular complexity index is 521. The first-order valence-corrected chi connectivity index (χ1v) is 7.77. The van der Waals surface area contributed by atoms with Crippen LogP contribution in [0.2, 0.25) is 0 Å². The molecule has 0 amide bonds. The molecule has 2 aromatic rings. The molecule has 18 heavy (non-hydrogen) atoms. The van der Waals surface area contributed by atoms with E-state index in [1.165, 1.54) is 11.3 Å². The van der Waals surface area contributed by atoms with Gasteiger partial charge in [0.1, 0.15) is 0 Å². The summed E-state index contributed by atoms with van der Waals surface area (Å²) in [5, 5.41) is 5.40. The molecular formula is C12H17N3OS2. The number of nitrogens with zero attached hydrogens (tertiary/aromatic N) is 2. The first kappa shape index (κ1) is 13.4. The van der Waals surface area contributed by atoms with E-state index in [1.807, 2.05) is 24.8 Å². The summed E-state index contributed by atoms with van der Waals surface area (Å²) in [7, 11) is 0. The molecule has 2 rings (SSSR count). The minimum atomic E-state index is 0.578. The van der Waals surface area contributed by atoms with E-state index in [0.717, 1.165) is 33.4 Å². The van der Waals surface area contributed by atoms with E-state index in [1.54, 1.807) is 0 Å². The highest BCUT2D eigenvalue weighted by molar-refractivity contribution is 7.99. The molecule has 0 aromatic carbocycles. The van der Waals surface area contributed by atoms with Gasteiger partial charge in [-0.2, -0.15) is 16.7 Å². The van der Waals surface area contributed by atoms with E-state index in [9.17, 15) is 0 Å². The van der Waals surface area contributed by atoms with Crippen molar-refractivity contribution >= 4 is 28.1 Å². The molecule has 0 fully saturated rings. The SMILES string of the molecule is CCC(C)SCc1noc(-c2sc(N)cc2C)n1. The van der Waals surface area contributed by atoms with Crippen molar-refractivity contribution in [2.24, 2.45) is 0 Å². The lowest BCUT2D eigenvalue weighted by atomic mass is 10.3. The highest BCUT2D eigenvalue weighted by Crippen LogP contribution is 2.33. The molecule has 0 radical (unpaired) electrons. The Morgan fingerprint density at radius 3 is 2.94 bits per heavy atom. The van der Waals surface area contributed by atoms with Crippen LogP contribution < -0.4 is 5.73 Å². The molecule has 6 heteroatoms. The molecule has 0 aliphatic heterocycles. The van der Waals surface area contributed by atoms with Gasteiger partial charge in [0.15, 0.2) is 5.82 Å². The summed E-state index contributed by atoms with van der Waals surface area (Å²) in [6, 6.07) is 1.93. The second kappa shape index (κ2) is 5.75. The van der Waals surface area contributed by atoms with Crippen LogP contribution in [0, 0.1) is 6.92 Å². The molecule has 0 spiro atoms. The second-order valence-corrected chi connectivity index (χ2v) is 6.72. The molecule has 0 saturated heterocycles. The average Bonchev–Trinajstić information content (AvgIpc) is 2.92. The zero-order valence-corrected chi connectivity index (χ0v) is 12.4. The van der Waals surface area contributed by atoms with Crippen molar-refractivity contribution in [2.45, 2.75) is 38.2 Å². The number of aryl methyl sites for hydroxylation is 1. The molecule has 2 N–H and O–H groups in total. The minimum absolute atomic E-state index is 0.578. The number of rotatable bonds is 5. The van der Waals surface area contributed by atoms with Gasteiger partial charge in [0.25, 0.3) is 5.89 Å². The molecule has 1 atom stereocenters. The molecule has 0 aliphatic carbocycles. The third-order valence-electron chi connectivity index (χ3n) is 2.67. The van der Waals surface area contributed by atoms with Crippen molar-refractivity contribution in [3.05, 3.63) is 17.5 Å². The van der Waals surface area contributed by atoms with Gasteiger partial charge >= 0.3 is 0 Å². The van der Waals surface area contributed by atoms with Gasteiger partial charge in [-0.15, -0.1) is 11.3 Å². The maximum atomic E-state index is 5.76. The van der Waals surface area contributed by atoms with Crippen LogP contribution in [0.4, 0.5) is 5.00 Å². The fourth-order valence-corrected chi connectivity index (χ4v) is 3.11. The smallest absolute Gasteiger partial charge is 0.268 e. The lowest BCUT2D eigenvalue weighted by Crippen LogP contribution is -1.94. The largest absolute Gasteiger partial charge is 0.391 e. The summed E-state index contributed by atoms with van der Waals surface area (Å²) in [5.74, 6) is 2.12. The van der Waals surface area contributed by atoms with Crippen LogP contribution in [-0.4, -0.2) is 15.4 Å². The molecule has 1 unspecified atom stereocenters. The standard InChI is InChI=1S/C12H17N3OS2/c1-4-8(3)17-6-10-14-12(16-15-10)11-7(2)5-9(13)18-11/h5,8H,4,6,13H2,1-3H3. The van der Waals surface area contributed by atoms with Gasteiger partial charge in [-0.1, -0.05) is 19.0 Å². The number of hydrogen-bond acceptors (Lipinski definition) is 6. The first-order chi connectivity index (χ1) is 8.60. The number of aromatic nitrogens is 2. The quantitative estimate of drug-likeness (QED) is 0.906. The summed E-state index contributed by atoms with van der Waals surface area (Å²) in [6.45, 7) is 6.38. The summed E-state index contributed by atoms with van der Waals surface area (Å²) in [5.41, 5.74) is 6.85. The summed E-state index contributed by atoms with van der Waals surface area (Å²) >= 11 is 3.33. The Hall–Kier alpha value is -1.01. The monoisotopic (exact) mass is 283 g/mol. The van der Waals surface area contributed by atoms with Gasteiger partial charge < -0.3 is 10.3 Å². The zero-order valence-electron chi connectivity index (χ0n) is 10.8. The predicted molar refractivity (Wildman–Crippen MR) is 77.8 cm³/mol. The van der Waals surface area contributed by atoms with Gasteiger partial charge in [-0.25, -0.2) is 0 Å². The van der Waals surface area contributed by atoms with E-state index < -0.39 is 0 Å².